The van der Waals surface area contributed by atoms with Gasteiger partial charge in [-0.2, -0.15) is 0 Å². The third-order valence-corrected chi connectivity index (χ3v) is 5.91. The predicted molar refractivity (Wildman–Crippen MR) is 111 cm³/mol. The van der Waals surface area contributed by atoms with E-state index in [-0.39, 0.29) is 11.8 Å². The SMILES string of the molecule is Cc1noc(C)c1CN1CCN(C(=O)CCN2C(=O)C(C)Oc3ccccc32)CC1. The van der Waals surface area contributed by atoms with Gasteiger partial charge in [-0.05, 0) is 32.9 Å². The van der Waals surface area contributed by atoms with Crippen molar-refractivity contribution in [2.24, 2.45) is 0 Å². The molecule has 1 aromatic heterocycles. The molecule has 1 fully saturated rings. The van der Waals surface area contributed by atoms with Crippen molar-refractivity contribution in [3.8, 4) is 5.75 Å². The van der Waals surface area contributed by atoms with Crippen LogP contribution in [0.5, 0.6) is 5.75 Å². The number of piperazine rings is 1. The van der Waals surface area contributed by atoms with Crippen molar-refractivity contribution in [1.82, 2.24) is 15.0 Å². The van der Waals surface area contributed by atoms with Gasteiger partial charge in [-0.1, -0.05) is 17.3 Å². The molecule has 1 saturated heterocycles. The first-order chi connectivity index (χ1) is 14.4. The van der Waals surface area contributed by atoms with Crippen LogP contribution in [-0.4, -0.2) is 65.6 Å². The van der Waals surface area contributed by atoms with Gasteiger partial charge in [-0.3, -0.25) is 14.5 Å². The Hall–Kier alpha value is -2.87. The highest BCUT2D eigenvalue weighted by molar-refractivity contribution is 6.00. The lowest BCUT2D eigenvalue weighted by molar-refractivity contribution is -0.133. The van der Waals surface area contributed by atoms with E-state index in [1.807, 2.05) is 43.0 Å². The lowest BCUT2D eigenvalue weighted by Gasteiger charge is -2.36. The van der Waals surface area contributed by atoms with Crippen molar-refractivity contribution in [3.63, 3.8) is 0 Å². The van der Waals surface area contributed by atoms with Crippen molar-refractivity contribution in [3.05, 3.63) is 41.3 Å². The predicted octanol–water partition coefficient (Wildman–Crippen LogP) is 2.14. The van der Waals surface area contributed by atoms with Crippen LogP contribution in [0.15, 0.2) is 28.8 Å². The number of fused-ring (bicyclic) bond motifs is 1. The van der Waals surface area contributed by atoms with E-state index in [0.29, 0.717) is 31.8 Å². The van der Waals surface area contributed by atoms with E-state index in [0.717, 1.165) is 42.3 Å². The van der Waals surface area contributed by atoms with E-state index >= 15 is 0 Å². The van der Waals surface area contributed by atoms with Crippen molar-refractivity contribution in [2.75, 3.05) is 37.6 Å². The molecule has 8 heteroatoms. The van der Waals surface area contributed by atoms with Crippen molar-refractivity contribution in [1.29, 1.82) is 0 Å². The van der Waals surface area contributed by atoms with Crippen molar-refractivity contribution >= 4 is 17.5 Å². The second-order valence-corrected chi connectivity index (χ2v) is 7.93. The van der Waals surface area contributed by atoms with Crippen LogP contribution in [0.1, 0.15) is 30.4 Å². The smallest absolute Gasteiger partial charge is 0.267 e. The fourth-order valence-electron chi connectivity index (χ4n) is 4.06. The van der Waals surface area contributed by atoms with Crippen LogP contribution in [0.25, 0.3) is 0 Å². The minimum Gasteiger partial charge on any atom is -0.479 e. The van der Waals surface area contributed by atoms with Crippen LogP contribution in [-0.2, 0) is 16.1 Å². The zero-order valence-corrected chi connectivity index (χ0v) is 17.8. The maximum absolute atomic E-state index is 12.8. The van der Waals surface area contributed by atoms with Crippen LogP contribution < -0.4 is 9.64 Å². The normalized spacial score (nSPS) is 19.6. The van der Waals surface area contributed by atoms with Gasteiger partial charge < -0.3 is 19.1 Å². The molecule has 0 spiro atoms. The topological polar surface area (TPSA) is 79.1 Å². The highest BCUT2D eigenvalue weighted by Gasteiger charge is 2.32. The number of nitrogens with zero attached hydrogens (tertiary/aromatic N) is 4. The van der Waals surface area contributed by atoms with Gasteiger partial charge in [0.15, 0.2) is 6.10 Å². The van der Waals surface area contributed by atoms with Crippen LogP contribution >= 0.6 is 0 Å². The fourth-order valence-corrected chi connectivity index (χ4v) is 4.06. The van der Waals surface area contributed by atoms with Crippen molar-refractivity contribution in [2.45, 2.75) is 39.8 Å². The minimum absolute atomic E-state index is 0.0800. The number of amides is 2. The number of carbonyl (C=O) groups excluding carboxylic acids is 2. The lowest BCUT2D eigenvalue weighted by atomic mass is 10.1. The second kappa shape index (κ2) is 8.47. The van der Waals surface area contributed by atoms with Gasteiger partial charge >= 0.3 is 0 Å². The van der Waals surface area contributed by atoms with Crippen LogP contribution in [0.2, 0.25) is 0 Å². The summed E-state index contributed by atoms with van der Waals surface area (Å²) in [7, 11) is 0. The average Bonchev–Trinajstić information content (AvgIpc) is 3.06. The summed E-state index contributed by atoms with van der Waals surface area (Å²) in [5.41, 5.74) is 2.79. The summed E-state index contributed by atoms with van der Waals surface area (Å²) in [6, 6.07) is 7.47. The number of benzene rings is 1. The molecule has 30 heavy (non-hydrogen) atoms. The summed E-state index contributed by atoms with van der Waals surface area (Å²) < 4.78 is 10.9. The third-order valence-electron chi connectivity index (χ3n) is 5.91. The minimum atomic E-state index is -0.539. The van der Waals surface area contributed by atoms with E-state index in [9.17, 15) is 9.59 Å². The molecular formula is C22H28N4O4. The van der Waals surface area contributed by atoms with Crippen LogP contribution in [0.3, 0.4) is 0 Å². The van der Waals surface area contributed by atoms with Gasteiger partial charge in [0.2, 0.25) is 5.91 Å². The monoisotopic (exact) mass is 412 g/mol. The molecule has 0 saturated carbocycles. The molecular weight excluding hydrogens is 384 g/mol. The highest BCUT2D eigenvalue weighted by atomic mass is 16.5. The van der Waals surface area contributed by atoms with Crippen LogP contribution in [0, 0.1) is 13.8 Å². The quantitative estimate of drug-likeness (QED) is 0.749. The van der Waals surface area contributed by atoms with Gasteiger partial charge in [0, 0.05) is 51.3 Å². The van der Waals surface area contributed by atoms with Gasteiger partial charge in [0.1, 0.15) is 11.5 Å². The summed E-state index contributed by atoms with van der Waals surface area (Å²) >= 11 is 0. The highest BCUT2D eigenvalue weighted by Crippen LogP contribution is 2.33. The van der Waals surface area contributed by atoms with E-state index in [1.165, 1.54) is 0 Å². The molecule has 2 amide bonds. The summed E-state index contributed by atoms with van der Waals surface area (Å²) in [6.07, 6.45) is -0.237. The van der Waals surface area contributed by atoms with Gasteiger partial charge in [-0.15, -0.1) is 0 Å². The Morgan fingerprint density at radius 3 is 2.60 bits per heavy atom. The summed E-state index contributed by atoms with van der Waals surface area (Å²) in [5, 5.41) is 4.01. The molecule has 0 radical (unpaired) electrons. The first-order valence-electron chi connectivity index (χ1n) is 10.4. The number of anilines is 1. The number of ether oxygens (including phenoxy) is 1. The van der Waals surface area contributed by atoms with Gasteiger partial charge in [-0.25, -0.2) is 0 Å². The Morgan fingerprint density at radius 1 is 1.17 bits per heavy atom. The maximum atomic E-state index is 12.8. The number of rotatable bonds is 5. The number of carbonyl (C=O) groups is 2. The first-order valence-corrected chi connectivity index (χ1v) is 10.4. The fraction of sp³-hybridized carbons (Fsp3) is 0.500. The second-order valence-electron chi connectivity index (χ2n) is 7.93. The third kappa shape index (κ3) is 4.05. The average molecular weight is 412 g/mol. The molecule has 8 nitrogen and oxygen atoms in total. The zero-order valence-electron chi connectivity index (χ0n) is 17.8. The summed E-state index contributed by atoms with van der Waals surface area (Å²) in [4.78, 5) is 31.3. The Bertz CT molecular complexity index is 913. The molecule has 2 aliphatic rings. The van der Waals surface area contributed by atoms with E-state index in [4.69, 9.17) is 9.26 Å². The molecule has 3 heterocycles. The Kier molecular flexibility index (Phi) is 5.76. The number of aromatic nitrogens is 1. The molecule has 0 N–H and O–H groups in total. The Balaban J connectivity index is 1.31. The lowest BCUT2D eigenvalue weighted by Crippen LogP contribution is -2.50. The summed E-state index contributed by atoms with van der Waals surface area (Å²) in [6.45, 7) is 9.78. The molecule has 2 aliphatic heterocycles. The molecule has 160 valence electrons. The van der Waals surface area contributed by atoms with Crippen molar-refractivity contribution < 1.29 is 18.8 Å². The van der Waals surface area contributed by atoms with E-state index in [2.05, 4.69) is 10.1 Å². The molecule has 0 aliphatic carbocycles. The zero-order chi connectivity index (χ0) is 21.3. The standard InChI is InChI=1S/C22H28N4O4/c1-15-18(16(2)30-23-15)14-24-10-12-25(13-11-24)21(27)8-9-26-19-6-4-5-7-20(19)29-17(3)22(26)28/h4-7,17H,8-14H2,1-3H3. The first kappa shape index (κ1) is 20.4. The van der Waals surface area contributed by atoms with Crippen LogP contribution in [0.4, 0.5) is 5.69 Å². The molecule has 1 atom stereocenters. The summed E-state index contributed by atoms with van der Waals surface area (Å²) in [5.74, 6) is 1.52. The number of aryl methyl sites for hydroxylation is 2. The molecule has 1 unspecified atom stereocenters. The van der Waals surface area contributed by atoms with E-state index in [1.54, 1.807) is 11.8 Å². The largest absolute Gasteiger partial charge is 0.479 e. The molecule has 1 aromatic carbocycles. The number of hydrogen-bond acceptors (Lipinski definition) is 6. The maximum Gasteiger partial charge on any atom is 0.267 e. The van der Waals surface area contributed by atoms with Gasteiger partial charge in [0.25, 0.3) is 5.91 Å². The van der Waals surface area contributed by atoms with E-state index < -0.39 is 6.10 Å². The number of hydrogen-bond donors (Lipinski definition) is 0. The van der Waals surface area contributed by atoms with Gasteiger partial charge in [0.05, 0.1) is 11.4 Å². The Labute approximate surface area is 176 Å². The molecule has 2 aromatic rings. The molecule has 0 bridgehead atoms. The molecule has 4 rings (SSSR count). The Morgan fingerprint density at radius 2 is 1.90 bits per heavy atom. The number of para-hydroxylation sites is 2.